The maximum Gasteiger partial charge on any atom is 0.271 e. The number of aryl methyl sites for hydroxylation is 1. The summed E-state index contributed by atoms with van der Waals surface area (Å²) >= 11 is 0. The van der Waals surface area contributed by atoms with Gasteiger partial charge in [-0.25, -0.2) is 9.97 Å². The predicted octanol–water partition coefficient (Wildman–Crippen LogP) is 3.20. The van der Waals surface area contributed by atoms with E-state index < -0.39 is 0 Å². The molecule has 35 heavy (non-hydrogen) atoms. The molecular formula is C26H36N8O. The average molecular weight is 477 g/mol. The lowest BCUT2D eigenvalue weighted by atomic mass is 9.73. The number of anilines is 3. The van der Waals surface area contributed by atoms with Crippen molar-refractivity contribution in [1.29, 1.82) is 0 Å². The van der Waals surface area contributed by atoms with Crippen molar-refractivity contribution >= 4 is 23.2 Å². The first-order valence-corrected chi connectivity index (χ1v) is 11.7. The first kappa shape index (κ1) is 24.7. The third-order valence-corrected chi connectivity index (χ3v) is 6.88. The fraction of sp³-hybridized carbons (Fsp3) is 0.462. The van der Waals surface area contributed by atoms with Crippen LogP contribution in [0.4, 0.5) is 17.3 Å². The zero-order valence-electron chi connectivity index (χ0n) is 20.5. The standard InChI is InChI=1S/C25H32N8O.CH4/c1-25(2)14-16-15-27-24(29-20(16)22-19(25)21(23(34)26-3)30-32(22)5)28-17-6-8-18(9-7-17)33-12-10-31(4)11-13-33;/h6-9,15H,10-14H2,1-5H3,(H,26,34)(H,27,28,29);1H4. The van der Waals surface area contributed by atoms with E-state index in [2.05, 4.69) is 75.7 Å². The summed E-state index contributed by atoms with van der Waals surface area (Å²) in [6.07, 6.45) is 2.63. The van der Waals surface area contributed by atoms with Crippen LogP contribution in [-0.2, 0) is 18.9 Å². The molecule has 5 rings (SSSR count). The summed E-state index contributed by atoms with van der Waals surface area (Å²) in [5.74, 6) is 0.348. The first-order valence-electron chi connectivity index (χ1n) is 11.7. The number of nitrogens with zero attached hydrogens (tertiary/aromatic N) is 6. The van der Waals surface area contributed by atoms with Crippen molar-refractivity contribution in [2.24, 2.45) is 7.05 Å². The van der Waals surface area contributed by atoms with Gasteiger partial charge in [0.2, 0.25) is 5.95 Å². The van der Waals surface area contributed by atoms with Gasteiger partial charge < -0.3 is 20.4 Å². The zero-order valence-corrected chi connectivity index (χ0v) is 20.5. The van der Waals surface area contributed by atoms with Crippen molar-refractivity contribution in [3.05, 3.63) is 47.3 Å². The molecular weight excluding hydrogens is 440 g/mol. The van der Waals surface area contributed by atoms with Crippen molar-refractivity contribution in [3.8, 4) is 11.4 Å². The first-order chi connectivity index (χ1) is 16.3. The van der Waals surface area contributed by atoms with Gasteiger partial charge in [0.25, 0.3) is 5.91 Å². The second kappa shape index (κ2) is 9.30. The van der Waals surface area contributed by atoms with Gasteiger partial charge in [0.1, 0.15) is 0 Å². The number of nitrogens with one attached hydrogen (secondary N) is 2. The number of aromatic nitrogens is 4. The van der Waals surface area contributed by atoms with Gasteiger partial charge in [-0.3, -0.25) is 9.48 Å². The highest BCUT2D eigenvalue weighted by Gasteiger charge is 2.39. The Hall–Kier alpha value is -3.46. The molecule has 1 aromatic carbocycles. The third kappa shape index (κ3) is 4.48. The van der Waals surface area contributed by atoms with Gasteiger partial charge in [-0.15, -0.1) is 0 Å². The summed E-state index contributed by atoms with van der Waals surface area (Å²) in [5, 5.41) is 10.6. The molecule has 1 amide bonds. The molecule has 2 aliphatic rings. The smallest absolute Gasteiger partial charge is 0.271 e. The number of fused-ring (bicyclic) bond motifs is 3. The van der Waals surface area contributed by atoms with Gasteiger partial charge in [0, 0.05) is 63.4 Å². The molecule has 0 unspecified atom stereocenters. The van der Waals surface area contributed by atoms with Crippen molar-refractivity contribution in [1.82, 2.24) is 30.0 Å². The molecule has 2 N–H and O–H groups in total. The van der Waals surface area contributed by atoms with E-state index in [1.807, 2.05) is 13.2 Å². The van der Waals surface area contributed by atoms with Crippen LogP contribution in [0.25, 0.3) is 11.4 Å². The largest absolute Gasteiger partial charge is 0.369 e. The Morgan fingerprint density at radius 1 is 1.06 bits per heavy atom. The van der Waals surface area contributed by atoms with Gasteiger partial charge >= 0.3 is 0 Å². The average Bonchev–Trinajstić information content (AvgIpc) is 3.18. The molecule has 0 spiro atoms. The summed E-state index contributed by atoms with van der Waals surface area (Å²) in [7, 11) is 5.66. The van der Waals surface area contributed by atoms with Crippen molar-refractivity contribution in [2.45, 2.75) is 33.1 Å². The molecule has 0 bridgehead atoms. The number of hydrogen-bond acceptors (Lipinski definition) is 7. The zero-order chi connectivity index (χ0) is 24.0. The molecule has 1 saturated heterocycles. The maximum absolute atomic E-state index is 12.5. The normalized spacial score (nSPS) is 16.7. The number of carbonyl (C=O) groups is 1. The van der Waals surface area contributed by atoms with E-state index in [1.54, 1.807) is 11.7 Å². The van der Waals surface area contributed by atoms with E-state index >= 15 is 0 Å². The van der Waals surface area contributed by atoms with Crippen LogP contribution in [0.2, 0.25) is 0 Å². The van der Waals surface area contributed by atoms with E-state index in [0.29, 0.717) is 11.6 Å². The Morgan fingerprint density at radius 2 is 1.74 bits per heavy atom. The molecule has 3 heterocycles. The lowest BCUT2D eigenvalue weighted by Gasteiger charge is -2.34. The van der Waals surface area contributed by atoms with Gasteiger partial charge in [-0.05, 0) is 48.7 Å². The highest BCUT2D eigenvalue weighted by molar-refractivity contribution is 5.96. The lowest BCUT2D eigenvalue weighted by molar-refractivity contribution is 0.0955. The summed E-state index contributed by atoms with van der Waals surface area (Å²) in [6.45, 7) is 8.51. The molecule has 1 aliphatic carbocycles. The summed E-state index contributed by atoms with van der Waals surface area (Å²) in [5.41, 5.74) is 6.06. The predicted molar refractivity (Wildman–Crippen MR) is 141 cm³/mol. The van der Waals surface area contributed by atoms with Gasteiger partial charge in [0.05, 0.1) is 11.4 Å². The van der Waals surface area contributed by atoms with Crippen LogP contribution in [0.3, 0.4) is 0 Å². The van der Waals surface area contributed by atoms with Crippen molar-refractivity contribution in [2.75, 3.05) is 50.5 Å². The van der Waals surface area contributed by atoms with E-state index in [4.69, 9.17) is 4.98 Å². The monoisotopic (exact) mass is 476 g/mol. The lowest BCUT2D eigenvalue weighted by Crippen LogP contribution is -2.44. The van der Waals surface area contributed by atoms with Gasteiger partial charge in [-0.1, -0.05) is 21.3 Å². The Labute approximate surface area is 207 Å². The number of carbonyl (C=O) groups excluding carboxylic acids is 1. The quantitative estimate of drug-likeness (QED) is 0.598. The highest BCUT2D eigenvalue weighted by atomic mass is 16.1. The van der Waals surface area contributed by atoms with Crippen LogP contribution < -0.4 is 15.5 Å². The number of amides is 1. The molecule has 0 saturated carbocycles. The number of likely N-dealkylation sites (N-methyl/N-ethyl adjacent to an activating group) is 1. The molecule has 0 radical (unpaired) electrons. The van der Waals surface area contributed by atoms with Gasteiger partial charge in [-0.2, -0.15) is 5.10 Å². The van der Waals surface area contributed by atoms with Crippen LogP contribution in [-0.4, -0.2) is 70.8 Å². The summed E-state index contributed by atoms with van der Waals surface area (Å²) in [6, 6.07) is 8.42. The Kier molecular flexibility index (Phi) is 6.55. The molecule has 1 aliphatic heterocycles. The maximum atomic E-state index is 12.5. The highest BCUT2D eigenvalue weighted by Crippen LogP contribution is 2.43. The fourth-order valence-electron chi connectivity index (χ4n) is 5.03. The van der Waals surface area contributed by atoms with E-state index in [9.17, 15) is 4.79 Å². The summed E-state index contributed by atoms with van der Waals surface area (Å²) in [4.78, 5) is 26.7. The van der Waals surface area contributed by atoms with Gasteiger partial charge in [0.15, 0.2) is 5.69 Å². The SMILES string of the molecule is C.CNC(=O)c1nn(C)c2c1C(C)(C)Cc1cnc(Nc3ccc(N4CCN(C)CC4)cc3)nc1-2. The van der Waals surface area contributed by atoms with Crippen LogP contribution in [0.5, 0.6) is 0 Å². The second-order valence-corrected chi connectivity index (χ2v) is 9.87. The minimum Gasteiger partial charge on any atom is -0.369 e. The number of piperazine rings is 1. The number of benzene rings is 1. The molecule has 3 aromatic rings. The van der Waals surface area contributed by atoms with Crippen LogP contribution >= 0.6 is 0 Å². The second-order valence-electron chi connectivity index (χ2n) is 9.87. The van der Waals surface area contributed by atoms with Crippen LogP contribution in [0.1, 0.15) is 42.9 Å². The number of hydrogen-bond donors (Lipinski definition) is 2. The van der Waals surface area contributed by atoms with E-state index in [0.717, 1.165) is 60.8 Å². The third-order valence-electron chi connectivity index (χ3n) is 6.88. The Morgan fingerprint density at radius 3 is 2.40 bits per heavy atom. The van der Waals surface area contributed by atoms with Crippen LogP contribution in [0.15, 0.2) is 30.5 Å². The molecule has 2 aromatic heterocycles. The molecule has 1 fully saturated rings. The Balaban J connectivity index is 0.00000289. The topological polar surface area (TPSA) is 91.2 Å². The molecule has 9 heteroatoms. The van der Waals surface area contributed by atoms with Crippen molar-refractivity contribution < 1.29 is 4.79 Å². The summed E-state index contributed by atoms with van der Waals surface area (Å²) < 4.78 is 1.77. The minimum atomic E-state index is -0.254. The molecule has 186 valence electrons. The van der Waals surface area contributed by atoms with E-state index in [-0.39, 0.29) is 18.7 Å². The van der Waals surface area contributed by atoms with Crippen molar-refractivity contribution in [3.63, 3.8) is 0 Å². The minimum absolute atomic E-state index is 0. The van der Waals surface area contributed by atoms with Crippen LogP contribution in [0, 0.1) is 0 Å². The molecule has 0 atom stereocenters. The van der Waals surface area contributed by atoms with E-state index in [1.165, 1.54) is 5.69 Å². The fourth-order valence-corrected chi connectivity index (χ4v) is 5.03. The Bertz CT molecular complexity index is 1220. The number of rotatable bonds is 4. The molecule has 9 nitrogen and oxygen atoms in total.